The highest BCUT2D eigenvalue weighted by Gasteiger charge is 2.24. The molecule has 0 unspecified atom stereocenters. The van der Waals surface area contributed by atoms with Crippen LogP contribution in [0.4, 0.5) is 0 Å². The van der Waals surface area contributed by atoms with Gasteiger partial charge in [0.15, 0.2) is 9.84 Å². The normalized spacial score (nSPS) is 11.3. The van der Waals surface area contributed by atoms with Gasteiger partial charge >= 0.3 is 5.97 Å². The number of benzene rings is 1. The van der Waals surface area contributed by atoms with Crippen LogP contribution in [-0.2, 0) is 15.6 Å². The number of carbonyl (C=O) groups is 1. The summed E-state index contributed by atoms with van der Waals surface area (Å²) in [6, 6.07) is 3.59. The van der Waals surface area contributed by atoms with Crippen molar-refractivity contribution in [1.29, 1.82) is 0 Å². The molecule has 0 bridgehead atoms. The maximum atomic E-state index is 12.4. The van der Waals surface area contributed by atoms with Gasteiger partial charge in [-0.1, -0.05) is 0 Å². The van der Waals surface area contributed by atoms with Gasteiger partial charge in [-0.2, -0.15) is 0 Å². The van der Waals surface area contributed by atoms with E-state index in [0.29, 0.717) is 0 Å². The van der Waals surface area contributed by atoms with Gasteiger partial charge in [-0.3, -0.25) is 0 Å². The Morgan fingerprint density at radius 2 is 2.10 bits per heavy atom. The minimum atomic E-state index is -3.88. The summed E-state index contributed by atoms with van der Waals surface area (Å²) in [5.74, 6) is -1.55. The first-order chi connectivity index (χ1) is 9.83. The molecular weight excluding hydrogens is 300 g/mol. The number of methoxy groups -OCH3 is 1. The Hall–Kier alpha value is -2.42. The van der Waals surface area contributed by atoms with Gasteiger partial charge in [-0.15, -0.1) is 10.2 Å². The van der Waals surface area contributed by atoms with Crippen molar-refractivity contribution >= 4 is 15.8 Å². The van der Waals surface area contributed by atoms with E-state index < -0.39 is 21.6 Å². The van der Waals surface area contributed by atoms with Crippen molar-refractivity contribution in [2.75, 3.05) is 7.11 Å². The molecule has 0 spiro atoms. The van der Waals surface area contributed by atoms with E-state index in [2.05, 4.69) is 10.2 Å². The first kappa shape index (κ1) is 15.0. The molecule has 0 aliphatic carbocycles. The van der Waals surface area contributed by atoms with E-state index in [1.54, 1.807) is 0 Å². The molecule has 2 aromatic rings. The van der Waals surface area contributed by atoms with Gasteiger partial charge in [-0.25, -0.2) is 13.2 Å². The highest BCUT2D eigenvalue weighted by Crippen LogP contribution is 2.27. The predicted molar refractivity (Wildman–Crippen MR) is 69.9 cm³/mol. The third-order valence-electron chi connectivity index (χ3n) is 2.63. The van der Waals surface area contributed by atoms with Crippen LogP contribution in [0, 0.1) is 6.92 Å². The summed E-state index contributed by atoms with van der Waals surface area (Å²) in [6.07, 6.45) is 0. The lowest BCUT2D eigenvalue weighted by Crippen LogP contribution is -2.09. The Bertz CT molecular complexity index is 781. The number of hydrogen-bond acceptors (Lipinski definition) is 7. The first-order valence-electron chi connectivity index (χ1n) is 5.76. The van der Waals surface area contributed by atoms with Crippen molar-refractivity contribution in [3.63, 3.8) is 0 Å². The van der Waals surface area contributed by atoms with Crippen LogP contribution >= 0.6 is 0 Å². The number of nitrogens with zero attached hydrogens (tertiary/aromatic N) is 2. The van der Waals surface area contributed by atoms with Crippen LogP contribution < -0.4 is 4.74 Å². The zero-order valence-corrected chi connectivity index (χ0v) is 12.0. The topological polar surface area (TPSA) is 120 Å². The lowest BCUT2D eigenvalue weighted by molar-refractivity contribution is 0.0696. The summed E-state index contributed by atoms with van der Waals surface area (Å²) >= 11 is 0. The first-order valence-corrected chi connectivity index (χ1v) is 7.42. The van der Waals surface area contributed by atoms with Crippen molar-refractivity contribution in [2.45, 2.75) is 17.6 Å². The maximum Gasteiger partial charge on any atom is 0.335 e. The minimum Gasteiger partial charge on any atom is -0.495 e. The summed E-state index contributed by atoms with van der Waals surface area (Å²) in [5, 5.41) is 16.1. The Morgan fingerprint density at radius 1 is 1.38 bits per heavy atom. The minimum absolute atomic E-state index is 0.0521. The number of aromatic carboxylic acids is 1. The van der Waals surface area contributed by atoms with Crippen LogP contribution in [0.3, 0.4) is 0 Å². The van der Waals surface area contributed by atoms with Crippen LogP contribution in [-0.4, -0.2) is 36.8 Å². The lowest BCUT2D eigenvalue weighted by atomic mass is 10.2. The van der Waals surface area contributed by atoms with Crippen molar-refractivity contribution < 1.29 is 27.5 Å². The predicted octanol–water partition coefficient (Wildman–Crippen LogP) is 1.06. The molecule has 21 heavy (non-hydrogen) atoms. The second-order valence-corrected chi connectivity index (χ2v) is 6.10. The quantitative estimate of drug-likeness (QED) is 0.870. The van der Waals surface area contributed by atoms with Gasteiger partial charge in [0.05, 0.1) is 12.7 Å². The molecule has 0 radical (unpaired) electrons. The molecule has 1 N–H and O–H groups in total. The van der Waals surface area contributed by atoms with Crippen LogP contribution in [0.15, 0.2) is 27.5 Å². The van der Waals surface area contributed by atoms with E-state index in [1.807, 2.05) is 0 Å². The number of carboxylic acid groups (broad SMARTS) is 1. The fraction of sp³-hybridized carbons (Fsp3) is 0.250. The standard InChI is InChI=1S/C12H12N2O6S/c1-7-13-14-11(20-7)6-21(17,18)10-5-8(12(15)16)3-4-9(10)19-2/h3-5H,6H2,1-2H3,(H,15,16). The molecule has 1 aromatic heterocycles. The Kier molecular flexibility index (Phi) is 3.94. The molecule has 0 atom stereocenters. The zero-order chi connectivity index (χ0) is 15.6. The van der Waals surface area contributed by atoms with E-state index >= 15 is 0 Å². The van der Waals surface area contributed by atoms with Crippen molar-refractivity contribution in [3.05, 3.63) is 35.5 Å². The van der Waals surface area contributed by atoms with Crippen LogP contribution in [0.5, 0.6) is 5.75 Å². The number of aryl methyl sites for hydroxylation is 1. The third kappa shape index (κ3) is 3.19. The fourth-order valence-corrected chi connectivity index (χ4v) is 3.05. The molecule has 8 nitrogen and oxygen atoms in total. The van der Waals surface area contributed by atoms with Gasteiger partial charge in [-0.05, 0) is 18.2 Å². The molecule has 1 heterocycles. The van der Waals surface area contributed by atoms with E-state index in [4.69, 9.17) is 14.3 Å². The highest BCUT2D eigenvalue weighted by molar-refractivity contribution is 7.90. The average Bonchev–Trinajstić information content (AvgIpc) is 2.82. The summed E-state index contributed by atoms with van der Waals surface area (Å²) in [7, 11) is -2.59. The van der Waals surface area contributed by atoms with Gasteiger partial charge in [0.25, 0.3) is 0 Å². The van der Waals surface area contributed by atoms with Crippen LogP contribution in [0.2, 0.25) is 0 Å². The Morgan fingerprint density at radius 3 is 2.62 bits per heavy atom. The lowest BCUT2D eigenvalue weighted by Gasteiger charge is -2.09. The molecule has 112 valence electrons. The van der Waals surface area contributed by atoms with Crippen LogP contribution in [0.25, 0.3) is 0 Å². The highest BCUT2D eigenvalue weighted by atomic mass is 32.2. The fourth-order valence-electron chi connectivity index (χ4n) is 1.69. The largest absolute Gasteiger partial charge is 0.495 e. The molecule has 0 saturated carbocycles. The summed E-state index contributed by atoms with van der Waals surface area (Å²) in [6.45, 7) is 1.54. The SMILES string of the molecule is COc1ccc(C(=O)O)cc1S(=O)(=O)Cc1nnc(C)o1. The Labute approximate surface area is 120 Å². The number of ether oxygens (including phenoxy) is 1. The number of carboxylic acids is 1. The Balaban J connectivity index is 2.47. The molecule has 0 amide bonds. The van der Waals surface area contributed by atoms with Gasteiger partial charge in [0.1, 0.15) is 16.4 Å². The second-order valence-electron chi connectivity index (χ2n) is 4.14. The molecule has 0 aliphatic heterocycles. The van der Waals surface area contributed by atoms with Gasteiger partial charge in [0.2, 0.25) is 11.8 Å². The molecule has 1 aromatic carbocycles. The van der Waals surface area contributed by atoms with E-state index in [0.717, 1.165) is 6.07 Å². The van der Waals surface area contributed by atoms with Gasteiger partial charge in [0, 0.05) is 6.92 Å². The molecule has 0 fully saturated rings. The van der Waals surface area contributed by atoms with Crippen molar-refractivity contribution in [3.8, 4) is 5.75 Å². The number of rotatable bonds is 5. The van der Waals surface area contributed by atoms with E-state index in [9.17, 15) is 13.2 Å². The van der Waals surface area contributed by atoms with Crippen LogP contribution in [0.1, 0.15) is 22.1 Å². The van der Waals surface area contributed by atoms with E-state index in [-0.39, 0.29) is 28.0 Å². The number of sulfone groups is 1. The molecule has 0 aliphatic rings. The number of aromatic nitrogens is 2. The zero-order valence-electron chi connectivity index (χ0n) is 11.2. The smallest absolute Gasteiger partial charge is 0.335 e. The molecule has 0 saturated heterocycles. The average molecular weight is 312 g/mol. The monoisotopic (exact) mass is 312 g/mol. The molecule has 9 heteroatoms. The summed E-state index contributed by atoms with van der Waals surface area (Å²) in [5.41, 5.74) is -0.156. The molecule has 2 rings (SSSR count). The second kappa shape index (κ2) is 5.52. The maximum absolute atomic E-state index is 12.4. The third-order valence-corrected chi connectivity index (χ3v) is 4.24. The molecular formula is C12H12N2O6S. The summed E-state index contributed by atoms with van der Waals surface area (Å²) < 4.78 is 34.7. The number of hydrogen-bond donors (Lipinski definition) is 1. The van der Waals surface area contributed by atoms with E-state index in [1.165, 1.54) is 26.2 Å². The van der Waals surface area contributed by atoms with Crippen molar-refractivity contribution in [1.82, 2.24) is 10.2 Å². The van der Waals surface area contributed by atoms with Gasteiger partial charge < -0.3 is 14.3 Å². The summed E-state index contributed by atoms with van der Waals surface area (Å²) in [4.78, 5) is 10.7. The van der Waals surface area contributed by atoms with Crippen molar-refractivity contribution in [2.24, 2.45) is 0 Å².